The Morgan fingerprint density at radius 2 is 2.00 bits per heavy atom. The van der Waals surface area contributed by atoms with Gasteiger partial charge in [-0.25, -0.2) is 4.79 Å². The number of ether oxygens (including phenoxy) is 2. The molecule has 0 aliphatic carbocycles. The van der Waals surface area contributed by atoms with Crippen LogP contribution in [0.5, 0.6) is 0 Å². The molecule has 0 saturated carbocycles. The number of amides is 1. The van der Waals surface area contributed by atoms with Crippen LogP contribution in [0, 0.1) is 10.1 Å². The molecule has 0 bridgehead atoms. The van der Waals surface area contributed by atoms with Crippen LogP contribution in [-0.4, -0.2) is 67.2 Å². The lowest BCUT2D eigenvalue weighted by Gasteiger charge is -2.33. The van der Waals surface area contributed by atoms with Gasteiger partial charge in [0.2, 0.25) is 0 Å². The van der Waals surface area contributed by atoms with Gasteiger partial charge in [-0.2, -0.15) is 0 Å². The van der Waals surface area contributed by atoms with Crippen molar-refractivity contribution in [3.63, 3.8) is 0 Å². The predicted octanol–water partition coefficient (Wildman–Crippen LogP) is 1.99. The van der Waals surface area contributed by atoms with Gasteiger partial charge in [-0.3, -0.25) is 14.9 Å². The summed E-state index contributed by atoms with van der Waals surface area (Å²) in [6.07, 6.45) is 2.97. The Bertz CT molecular complexity index is 747. The number of benzene rings is 1. The van der Waals surface area contributed by atoms with Crippen molar-refractivity contribution < 1.29 is 24.0 Å². The average Bonchev–Trinajstić information content (AvgIpc) is 2.72. The second kappa shape index (κ2) is 9.01. The Balaban J connectivity index is 1.67. The Kier molecular flexibility index (Phi) is 6.45. The molecular formula is C19H25N3O6. The third-order valence-corrected chi connectivity index (χ3v) is 5.21. The summed E-state index contributed by atoms with van der Waals surface area (Å²) in [5.74, 6) is -0.977. The quantitative estimate of drug-likeness (QED) is 0.430. The van der Waals surface area contributed by atoms with Crippen molar-refractivity contribution in [3.05, 3.63) is 33.9 Å². The lowest BCUT2D eigenvalue weighted by Crippen LogP contribution is -2.44. The second-order valence-corrected chi connectivity index (χ2v) is 7.07. The molecule has 1 aromatic carbocycles. The average molecular weight is 391 g/mol. The molecule has 9 nitrogen and oxygen atoms in total. The van der Waals surface area contributed by atoms with Crippen molar-refractivity contribution >= 4 is 23.3 Å². The molecule has 2 aliphatic rings. The van der Waals surface area contributed by atoms with E-state index in [0.29, 0.717) is 38.5 Å². The molecule has 9 heteroatoms. The maximum Gasteiger partial charge on any atom is 0.338 e. The normalized spacial score (nSPS) is 20.0. The molecule has 2 fully saturated rings. The topological polar surface area (TPSA) is 102 Å². The molecule has 152 valence electrons. The van der Waals surface area contributed by atoms with E-state index in [4.69, 9.17) is 9.47 Å². The highest BCUT2D eigenvalue weighted by atomic mass is 16.6. The summed E-state index contributed by atoms with van der Waals surface area (Å²) in [7, 11) is 0. The van der Waals surface area contributed by atoms with Crippen LogP contribution in [-0.2, 0) is 14.3 Å². The summed E-state index contributed by atoms with van der Waals surface area (Å²) in [4.78, 5) is 39.2. The van der Waals surface area contributed by atoms with E-state index < -0.39 is 10.9 Å². The molecule has 0 radical (unpaired) electrons. The fraction of sp³-hybridized carbons (Fsp3) is 0.579. The van der Waals surface area contributed by atoms with Crippen LogP contribution in [0.3, 0.4) is 0 Å². The molecule has 1 amide bonds. The number of hydrogen-bond acceptors (Lipinski definition) is 7. The minimum atomic E-state index is -0.741. The number of likely N-dealkylation sites (tertiary alicyclic amines) is 1. The zero-order valence-electron chi connectivity index (χ0n) is 16.0. The van der Waals surface area contributed by atoms with Crippen molar-refractivity contribution in [2.75, 3.05) is 44.4 Å². The second-order valence-electron chi connectivity index (χ2n) is 7.07. The standard InChI is InChI=1S/C19H25N3O6/c1-14-4-2-3-7-21(14)18(23)13-28-19(24)15-5-6-16(17(12-15)22(25)26)20-8-10-27-11-9-20/h5-6,12,14H,2-4,7-11,13H2,1H3. The Labute approximate surface area is 163 Å². The molecule has 3 rings (SSSR count). The maximum absolute atomic E-state index is 12.3. The number of carbonyl (C=O) groups excluding carboxylic acids is 2. The first-order valence-electron chi connectivity index (χ1n) is 9.55. The fourth-order valence-electron chi connectivity index (χ4n) is 3.63. The molecule has 0 aromatic heterocycles. The fourth-order valence-corrected chi connectivity index (χ4v) is 3.63. The molecule has 2 aliphatic heterocycles. The molecule has 0 N–H and O–H groups in total. The minimum Gasteiger partial charge on any atom is -0.452 e. The summed E-state index contributed by atoms with van der Waals surface area (Å²) in [5.41, 5.74) is 0.346. The molecular weight excluding hydrogens is 366 g/mol. The van der Waals surface area contributed by atoms with Gasteiger partial charge in [0.25, 0.3) is 11.6 Å². The van der Waals surface area contributed by atoms with Crippen molar-refractivity contribution in [1.82, 2.24) is 4.90 Å². The number of piperidine rings is 1. The van der Waals surface area contributed by atoms with Crippen molar-refractivity contribution in [1.29, 1.82) is 0 Å². The SMILES string of the molecule is CC1CCCCN1C(=O)COC(=O)c1ccc(N2CCOCC2)c([N+](=O)[O-])c1. The van der Waals surface area contributed by atoms with Gasteiger partial charge < -0.3 is 19.3 Å². The molecule has 1 atom stereocenters. The summed E-state index contributed by atoms with van der Waals surface area (Å²) in [6, 6.07) is 4.39. The summed E-state index contributed by atoms with van der Waals surface area (Å²) >= 11 is 0. The predicted molar refractivity (Wildman–Crippen MR) is 101 cm³/mol. The van der Waals surface area contributed by atoms with E-state index >= 15 is 0 Å². The first kappa shape index (κ1) is 20.1. The van der Waals surface area contributed by atoms with Crippen molar-refractivity contribution in [2.24, 2.45) is 0 Å². The Morgan fingerprint density at radius 3 is 2.68 bits per heavy atom. The van der Waals surface area contributed by atoms with Crippen LogP contribution >= 0.6 is 0 Å². The van der Waals surface area contributed by atoms with Gasteiger partial charge in [-0.1, -0.05) is 0 Å². The van der Waals surface area contributed by atoms with Crippen LogP contribution in [0.25, 0.3) is 0 Å². The summed E-state index contributed by atoms with van der Waals surface area (Å²) < 4.78 is 10.4. The highest BCUT2D eigenvalue weighted by Crippen LogP contribution is 2.30. The van der Waals surface area contributed by atoms with E-state index in [2.05, 4.69) is 0 Å². The van der Waals surface area contributed by atoms with E-state index in [-0.39, 0.29) is 29.8 Å². The number of nitro benzene ring substituents is 1. The van der Waals surface area contributed by atoms with Crippen molar-refractivity contribution in [3.8, 4) is 0 Å². The van der Waals surface area contributed by atoms with Crippen molar-refractivity contribution in [2.45, 2.75) is 32.2 Å². The Hall–Kier alpha value is -2.68. The first-order chi connectivity index (χ1) is 13.5. The Morgan fingerprint density at radius 1 is 1.25 bits per heavy atom. The van der Waals surface area contributed by atoms with Gasteiger partial charge >= 0.3 is 5.97 Å². The number of anilines is 1. The third-order valence-electron chi connectivity index (χ3n) is 5.21. The van der Waals surface area contributed by atoms with Gasteiger partial charge in [0.1, 0.15) is 5.69 Å². The number of morpholine rings is 1. The number of nitro groups is 1. The van der Waals surface area contributed by atoms with Crippen LogP contribution in [0.2, 0.25) is 0 Å². The van der Waals surface area contributed by atoms with Gasteiger partial charge in [0, 0.05) is 31.7 Å². The van der Waals surface area contributed by atoms with E-state index in [1.165, 1.54) is 12.1 Å². The highest BCUT2D eigenvalue weighted by Gasteiger charge is 2.26. The molecule has 28 heavy (non-hydrogen) atoms. The largest absolute Gasteiger partial charge is 0.452 e. The van der Waals surface area contributed by atoms with E-state index in [9.17, 15) is 19.7 Å². The van der Waals surface area contributed by atoms with Gasteiger partial charge in [-0.05, 0) is 38.3 Å². The number of nitrogens with zero attached hydrogens (tertiary/aromatic N) is 3. The smallest absolute Gasteiger partial charge is 0.338 e. The first-order valence-corrected chi connectivity index (χ1v) is 9.55. The summed E-state index contributed by atoms with van der Waals surface area (Å²) in [6.45, 7) is 4.38. The molecule has 1 aromatic rings. The minimum absolute atomic E-state index is 0.0585. The lowest BCUT2D eigenvalue weighted by molar-refractivity contribution is -0.384. The zero-order chi connectivity index (χ0) is 20.1. The van der Waals surface area contributed by atoms with E-state index in [1.54, 1.807) is 11.0 Å². The zero-order valence-corrected chi connectivity index (χ0v) is 16.0. The lowest BCUT2D eigenvalue weighted by atomic mass is 10.0. The van der Waals surface area contributed by atoms with Crippen LogP contribution in [0.15, 0.2) is 18.2 Å². The third kappa shape index (κ3) is 4.59. The molecule has 1 unspecified atom stereocenters. The number of esters is 1. The molecule has 2 saturated heterocycles. The van der Waals surface area contributed by atoms with Gasteiger partial charge in [0.05, 0.1) is 23.7 Å². The van der Waals surface area contributed by atoms with Gasteiger partial charge in [0.15, 0.2) is 6.61 Å². The number of carbonyl (C=O) groups is 2. The maximum atomic E-state index is 12.3. The van der Waals surface area contributed by atoms with Crippen LogP contribution < -0.4 is 4.90 Å². The molecule has 0 spiro atoms. The van der Waals surface area contributed by atoms with Gasteiger partial charge in [-0.15, -0.1) is 0 Å². The van der Waals surface area contributed by atoms with E-state index in [0.717, 1.165) is 19.3 Å². The number of rotatable bonds is 5. The number of hydrogen-bond donors (Lipinski definition) is 0. The van der Waals surface area contributed by atoms with E-state index in [1.807, 2.05) is 11.8 Å². The van der Waals surface area contributed by atoms with Crippen LogP contribution in [0.4, 0.5) is 11.4 Å². The van der Waals surface area contributed by atoms with Crippen LogP contribution in [0.1, 0.15) is 36.5 Å². The molecule has 2 heterocycles. The summed E-state index contributed by atoms with van der Waals surface area (Å²) in [5, 5.41) is 11.5. The highest BCUT2D eigenvalue weighted by molar-refractivity contribution is 5.93. The monoisotopic (exact) mass is 391 g/mol.